The molecule has 1 aliphatic rings. The molecule has 0 radical (unpaired) electrons. The Kier molecular flexibility index (Phi) is 5.38. The fourth-order valence-corrected chi connectivity index (χ4v) is 2.68. The van der Waals surface area contributed by atoms with Crippen LogP contribution in [-0.2, 0) is 4.74 Å². The van der Waals surface area contributed by atoms with Crippen molar-refractivity contribution in [3.05, 3.63) is 0 Å². The molecule has 0 bridgehead atoms. The lowest BCUT2D eigenvalue weighted by atomic mass is 9.96. The molecule has 2 N–H and O–H groups in total. The molecule has 1 heterocycles. The van der Waals surface area contributed by atoms with Gasteiger partial charge in [-0.1, -0.05) is 0 Å². The first-order valence-corrected chi connectivity index (χ1v) is 6.59. The molecule has 17 heavy (non-hydrogen) atoms. The number of nitrogens with two attached hydrogens (primary N) is 1. The van der Waals surface area contributed by atoms with Crippen molar-refractivity contribution in [2.24, 2.45) is 5.73 Å². The molecule has 0 aromatic carbocycles. The minimum atomic E-state index is -0.0902. The van der Waals surface area contributed by atoms with E-state index in [1.807, 2.05) is 0 Å². The molecule has 0 spiro atoms. The molecule has 102 valence electrons. The molecule has 1 saturated heterocycles. The fraction of sp³-hybridized carbons (Fsp3) is 1.00. The first-order chi connectivity index (χ1) is 7.89. The van der Waals surface area contributed by atoms with E-state index in [0.29, 0.717) is 18.6 Å². The van der Waals surface area contributed by atoms with Gasteiger partial charge in [-0.05, 0) is 34.2 Å². The van der Waals surface area contributed by atoms with Crippen LogP contribution in [0.25, 0.3) is 0 Å². The predicted molar refractivity (Wildman–Crippen MR) is 72.2 cm³/mol. The van der Waals surface area contributed by atoms with E-state index in [9.17, 15) is 0 Å². The van der Waals surface area contributed by atoms with Crippen molar-refractivity contribution >= 4 is 0 Å². The van der Waals surface area contributed by atoms with E-state index in [2.05, 4.69) is 37.6 Å². The fourth-order valence-electron chi connectivity index (χ4n) is 2.68. The van der Waals surface area contributed by atoms with Crippen molar-refractivity contribution in [1.29, 1.82) is 0 Å². The Morgan fingerprint density at radius 2 is 2.06 bits per heavy atom. The number of likely N-dealkylation sites (N-methyl/N-ethyl adjacent to an activating group) is 1. The molecule has 1 aliphatic heterocycles. The Bertz CT molecular complexity index is 233. The Morgan fingerprint density at radius 3 is 2.53 bits per heavy atom. The SMILES string of the molecule is COC(C)(C)CC(CN)N1CCN(C)CC1C. The number of ether oxygens (including phenoxy) is 1. The van der Waals surface area contributed by atoms with Gasteiger partial charge in [-0.3, -0.25) is 4.90 Å². The van der Waals surface area contributed by atoms with Crippen molar-refractivity contribution in [1.82, 2.24) is 9.80 Å². The number of hydrogen-bond donors (Lipinski definition) is 1. The zero-order valence-electron chi connectivity index (χ0n) is 12.1. The van der Waals surface area contributed by atoms with Crippen LogP contribution in [-0.4, -0.2) is 67.8 Å². The van der Waals surface area contributed by atoms with E-state index in [1.165, 1.54) is 0 Å². The topological polar surface area (TPSA) is 41.7 Å². The molecule has 0 aliphatic carbocycles. The highest BCUT2D eigenvalue weighted by Gasteiger charge is 2.31. The van der Waals surface area contributed by atoms with Crippen molar-refractivity contribution in [3.8, 4) is 0 Å². The third-order valence-electron chi connectivity index (χ3n) is 3.90. The van der Waals surface area contributed by atoms with Gasteiger partial charge < -0.3 is 15.4 Å². The molecule has 2 unspecified atom stereocenters. The summed E-state index contributed by atoms with van der Waals surface area (Å²) < 4.78 is 5.52. The van der Waals surface area contributed by atoms with Crippen LogP contribution >= 0.6 is 0 Å². The Morgan fingerprint density at radius 1 is 1.41 bits per heavy atom. The minimum absolute atomic E-state index is 0.0902. The van der Waals surface area contributed by atoms with Gasteiger partial charge in [0.15, 0.2) is 0 Å². The van der Waals surface area contributed by atoms with Crippen LogP contribution in [0.3, 0.4) is 0 Å². The quantitative estimate of drug-likeness (QED) is 0.774. The Balaban J connectivity index is 2.61. The predicted octanol–water partition coefficient (Wildman–Crippen LogP) is 0.765. The van der Waals surface area contributed by atoms with Gasteiger partial charge in [0.05, 0.1) is 5.60 Å². The van der Waals surface area contributed by atoms with E-state index < -0.39 is 0 Å². The van der Waals surface area contributed by atoms with E-state index in [-0.39, 0.29) is 5.60 Å². The molecule has 0 amide bonds. The summed E-state index contributed by atoms with van der Waals surface area (Å²) in [4.78, 5) is 4.93. The minimum Gasteiger partial charge on any atom is -0.379 e. The molecule has 4 heteroatoms. The van der Waals surface area contributed by atoms with Crippen LogP contribution in [0.5, 0.6) is 0 Å². The number of rotatable bonds is 5. The summed E-state index contributed by atoms with van der Waals surface area (Å²) in [5.41, 5.74) is 5.86. The summed E-state index contributed by atoms with van der Waals surface area (Å²) in [6, 6.07) is 1.00. The number of piperazine rings is 1. The lowest BCUT2D eigenvalue weighted by Gasteiger charge is -2.44. The number of hydrogen-bond acceptors (Lipinski definition) is 4. The summed E-state index contributed by atoms with van der Waals surface area (Å²) in [5, 5.41) is 0. The zero-order valence-corrected chi connectivity index (χ0v) is 12.1. The first kappa shape index (κ1) is 14.9. The van der Waals surface area contributed by atoms with Gasteiger partial charge in [0.2, 0.25) is 0 Å². The highest BCUT2D eigenvalue weighted by Crippen LogP contribution is 2.21. The number of nitrogens with zero attached hydrogens (tertiary/aromatic N) is 2. The van der Waals surface area contributed by atoms with Crippen molar-refractivity contribution in [3.63, 3.8) is 0 Å². The second kappa shape index (κ2) is 6.14. The average molecular weight is 243 g/mol. The Labute approximate surface area is 106 Å². The van der Waals surface area contributed by atoms with Crippen molar-refractivity contribution < 1.29 is 4.74 Å². The normalized spacial score (nSPS) is 26.1. The third-order valence-corrected chi connectivity index (χ3v) is 3.90. The summed E-state index contributed by atoms with van der Waals surface area (Å²) >= 11 is 0. The van der Waals surface area contributed by atoms with Crippen LogP contribution in [0, 0.1) is 0 Å². The molecule has 0 saturated carbocycles. The van der Waals surface area contributed by atoms with Gasteiger partial charge in [0.25, 0.3) is 0 Å². The van der Waals surface area contributed by atoms with Gasteiger partial charge in [0.1, 0.15) is 0 Å². The molecule has 4 nitrogen and oxygen atoms in total. The summed E-state index contributed by atoms with van der Waals surface area (Å²) in [7, 11) is 3.96. The highest BCUT2D eigenvalue weighted by molar-refractivity contribution is 4.87. The maximum absolute atomic E-state index is 5.95. The third kappa shape index (κ3) is 4.21. The molecule has 0 aromatic rings. The monoisotopic (exact) mass is 243 g/mol. The van der Waals surface area contributed by atoms with E-state index in [0.717, 1.165) is 26.1 Å². The molecular weight excluding hydrogens is 214 g/mol. The smallest absolute Gasteiger partial charge is 0.0638 e. The molecule has 0 aromatic heterocycles. The number of methoxy groups -OCH3 is 1. The van der Waals surface area contributed by atoms with Crippen LogP contribution in [0.2, 0.25) is 0 Å². The maximum Gasteiger partial charge on any atom is 0.0638 e. The maximum atomic E-state index is 5.95. The second-order valence-corrected chi connectivity index (χ2v) is 5.91. The van der Waals surface area contributed by atoms with Crippen LogP contribution in [0.4, 0.5) is 0 Å². The average Bonchev–Trinajstić information content (AvgIpc) is 2.26. The summed E-state index contributed by atoms with van der Waals surface area (Å²) in [5.74, 6) is 0. The highest BCUT2D eigenvalue weighted by atomic mass is 16.5. The summed E-state index contributed by atoms with van der Waals surface area (Å²) in [6.07, 6.45) is 0.994. The largest absolute Gasteiger partial charge is 0.379 e. The standard InChI is InChI=1S/C13H29N3O/c1-11-10-15(4)6-7-16(11)12(9-14)8-13(2,3)17-5/h11-12H,6-10,14H2,1-5H3. The Hall–Kier alpha value is -0.160. The lowest BCUT2D eigenvalue weighted by molar-refractivity contribution is -0.0235. The molecule has 1 rings (SSSR count). The van der Waals surface area contributed by atoms with Crippen molar-refractivity contribution in [2.75, 3.05) is 40.3 Å². The van der Waals surface area contributed by atoms with E-state index in [4.69, 9.17) is 10.5 Å². The van der Waals surface area contributed by atoms with Crippen LogP contribution in [0.15, 0.2) is 0 Å². The molecule has 2 atom stereocenters. The van der Waals surface area contributed by atoms with Crippen LogP contribution in [0.1, 0.15) is 27.2 Å². The second-order valence-electron chi connectivity index (χ2n) is 5.91. The van der Waals surface area contributed by atoms with Gasteiger partial charge >= 0.3 is 0 Å². The zero-order chi connectivity index (χ0) is 13.1. The van der Waals surface area contributed by atoms with E-state index in [1.54, 1.807) is 7.11 Å². The molecule has 1 fully saturated rings. The van der Waals surface area contributed by atoms with Gasteiger partial charge in [-0.15, -0.1) is 0 Å². The summed E-state index contributed by atoms with van der Waals surface area (Å²) in [6.45, 7) is 10.6. The van der Waals surface area contributed by atoms with Crippen LogP contribution < -0.4 is 5.73 Å². The van der Waals surface area contributed by atoms with Gasteiger partial charge in [0, 0.05) is 45.4 Å². The molecular formula is C13H29N3O. The lowest BCUT2D eigenvalue weighted by Crippen LogP contribution is -2.57. The first-order valence-electron chi connectivity index (χ1n) is 6.59. The van der Waals surface area contributed by atoms with E-state index >= 15 is 0 Å². The van der Waals surface area contributed by atoms with Crippen molar-refractivity contribution in [2.45, 2.75) is 44.9 Å². The van der Waals surface area contributed by atoms with Gasteiger partial charge in [-0.25, -0.2) is 0 Å². The van der Waals surface area contributed by atoms with Gasteiger partial charge in [-0.2, -0.15) is 0 Å².